The zero-order chi connectivity index (χ0) is 14.5. The first kappa shape index (κ1) is 14.9. The zero-order valence-corrected chi connectivity index (χ0v) is 12.1. The Labute approximate surface area is 122 Å². The highest BCUT2D eigenvalue weighted by molar-refractivity contribution is 6.28. The molecule has 1 unspecified atom stereocenters. The van der Waals surface area contributed by atoms with Crippen molar-refractivity contribution in [2.24, 2.45) is 0 Å². The third kappa shape index (κ3) is 3.77. The van der Waals surface area contributed by atoms with Crippen LogP contribution in [0.2, 0.25) is 5.28 Å². The minimum absolute atomic E-state index is 0.00345. The number of aromatic nitrogens is 2. The van der Waals surface area contributed by atoms with Crippen LogP contribution in [0, 0.1) is 10.1 Å². The van der Waals surface area contributed by atoms with Crippen LogP contribution in [0.3, 0.4) is 0 Å². The number of rotatable bonds is 5. The molecule has 1 aromatic rings. The van der Waals surface area contributed by atoms with Gasteiger partial charge >= 0.3 is 5.69 Å². The van der Waals surface area contributed by atoms with Crippen molar-refractivity contribution in [1.82, 2.24) is 14.9 Å². The molecule has 0 aliphatic carbocycles. The molecule has 0 amide bonds. The predicted octanol–water partition coefficient (Wildman–Crippen LogP) is 2.32. The van der Waals surface area contributed by atoms with Crippen LogP contribution >= 0.6 is 11.6 Å². The van der Waals surface area contributed by atoms with Gasteiger partial charge in [-0.05, 0) is 44.5 Å². The number of nitrogens with one attached hydrogen (secondary N) is 1. The minimum Gasteiger partial charge on any atom is -0.363 e. The maximum Gasteiger partial charge on any atom is 0.329 e. The third-order valence-electron chi connectivity index (χ3n) is 3.52. The molecule has 8 heteroatoms. The Balaban J connectivity index is 1.99. The average Bonchev–Trinajstić information content (AvgIpc) is 2.45. The Morgan fingerprint density at radius 3 is 2.85 bits per heavy atom. The summed E-state index contributed by atoms with van der Waals surface area (Å²) in [5.41, 5.74) is -0.153. The lowest BCUT2D eigenvalue weighted by molar-refractivity contribution is -0.384. The van der Waals surface area contributed by atoms with Crippen LogP contribution in [0.15, 0.2) is 6.20 Å². The molecule has 1 saturated heterocycles. The Hall–Kier alpha value is -1.47. The van der Waals surface area contributed by atoms with Gasteiger partial charge in [-0.25, -0.2) is 4.98 Å². The highest BCUT2D eigenvalue weighted by atomic mass is 35.5. The minimum atomic E-state index is -0.510. The lowest BCUT2D eigenvalue weighted by atomic mass is 10.1. The van der Waals surface area contributed by atoms with Gasteiger partial charge in [0.2, 0.25) is 11.1 Å². The molecule has 0 aromatic carbocycles. The summed E-state index contributed by atoms with van der Waals surface area (Å²) in [5.74, 6) is 0.179. The van der Waals surface area contributed by atoms with E-state index in [4.69, 9.17) is 11.6 Å². The average molecular weight is 300 g/mol. The second kappa shape index (κ2) is 6.81. The van der Waals surface area contributed by atoms with Crippen LogP contribution in [0.25, 0.3) is 0 Å². The second-order valence-corrected chi connectivity index (χ2v) is 5.29. The molecule has 110 valence electrons. The molecule has 0 bridgehead atoms. The van der Waals surface area contributed by atoms with E-state index in [1.54, 1.807) is 0 Å². The molecule has 1 aliphatic rings. The Kier molecular flexibility index (Phi) is 5.08. The largest absolute Gasteiger partial charge is 0.363 e. The van der Waals surface area contributed by atoms with E-state index in [1.807, 2.05) is 0 Å². The van der Waals surface area contributed by atoms with Gasteiger partial charge in [0, 0.05) is 12.6 Å². The van der Waals surface area contributed by atoms with E-state index < -0.39 is 4.92 Å². The summed E-state index contributed by atoms with van der Waals surface area (Å²) < 4.78 is 0. The fourth-order valence-electron chi connectivity index (χ4n) is 2.35. The topological polar surface area (TPSA) is 84.2 Å². The van der Waals surface area contributed by atoms with E-state index in [1.165, 1.54) is 19.3 Å². The first-order valence-electron chi connectivity index (χ1n) is 6.73. The lowest BCUT2D eigenvalue weighted by Gasteiger charge is -2.32. The Bertz CT molecular complexity index is 479. The standard InChI is InChI=1S/C12H18ClN5O2/c1-9(17-5-3-2-4-6-17)7-14-11-10(18(19)20)8-15-12(13)16-11/h8-9H,2-7H2,1H3,(H,14,15,16). The van der Waals surface area contributed by atoms with Crippen molar-refractivity contribution in [3.05, 3.63) is 21.6 Å². The highest BCUT2D eigenvalue weighted by Gasteiger charge is 2.20. The van der Waals surface area contributed by atoms with Crippen molar-refractivity contribution in [3.8, 4) is 0 Å². The van der Waals surface area contributed by atoms with Crippen LogP contribution in [-0.4, -0.2) is 45.5 Å². The Morgan fingerprint density at radius 1 is 1.50 bits per heavy atom. The van der Waals surface area contributed by atoms with Crippen molar-refractivity contribution < 1.29 is 4.92 Å². The van der Waals surface area contributed by atoms with Crippen molar-refractivity contribution in [2.75, 3.05) is 25.0 Å². The van der Waals surface area contributed by atoms with Gasteiger partial charge in [-0.1, -0.05) is 6.42 Å². The van der Waals surface area contributed by atoms with Gasteiger partial charge in [0.25, 0.3) is 0 Å². The molecule has 2 rings (SSSR count). The van der Waals surface area contributed by atoms with E-state index >= 15 is 0 Å². The number of likely N-dealkylation sites (tertiary alicyclic amines) is 1. The molecule has 1 fully saturated rings. The van der Waals surface area contributed by atoms with E-state index in [0.717, 1.165) is 19.3 Å². The predicted molar refractivity (Wildman–Crippen MR) is 77.1 cm³/mol. The normalized spacial score (nSPS) is 17.7. The van der Waals surface area contributed by atoms with Gasteiger partial charge in [-0.2, -0.15) is 4.98 Å². The van der Waals surface area contributed by atoms with Crippen LogP contribution in [-0.2, 0) is 0 Å². The molecule has 1 aromatic heterocycles. The highest BCUT2D eigenvalue weighted by Crippen LogP contribution is 2.22. The molecule has 0 saturated carbocycles. The number of hydrogen-bond acceptors (Lipinski definition) is 6. The number of hydrogen-bond donors (Lipinski definition) is 1. The van der Waals surface area contributed by atoms with E-state index in [2.05, 4.69) is 27.1 Å². The smallest absolute Gasteiger partial charge is 0.329 e. The molecule has 1 N–H and O–H groups in total. The Morgan fingerprint density at radius 2 is 2.20 bits per heavy atom. The SMILES string of the molecule is CC(CNc1nc(Cl)ncc1[N+](=O)[O-])N1CCCCC1. The summed E-state index contributed by atoms with van der Waals surface area (Å²) in [6.07, 6.45) is 4.83. The molecule has 7 nitrogen and oxygen atoms in total. The molecule has 0 spiro atoms. The molecule has 1 aliphatic heterocycles. The van der Waals surface area contributed by atoms with Crippen molar-refractivity contribution in [2.45, 2.75) is 32.2 Å². The third-order valence-corrected chi connectivity index (χ3v) is 3.70. The van der Waals surface area contributed by atoms with E-state index in [9.17, 15) is 10.1 Å². The van der Waals surface area contributed by atoms with Gasteiger partial charge < -0.3 is 5.32 Å². The summed E-state index contributed by atoms with van der Waals surface area (Å²) in [4.78, 5) is 20.3. The van der Waals surface area contributed by atoms with Crippen LogP contribution in [0.5, 0.6) is 0 Å². The molecule has 0 radical (unpaired) electrons. The quantitative estimate of drug-likeness (QED) is 0.510. The molecule has 1 atom stereocenters. The summed E-state index contributed by atoms with van der Waals surface area (Å²) in [7, 11) is 0. The molecular formula is C12H18ClN5O2. The van der Waals surface area contributed by atoms with Crippen molar-refractivity contribution >= 4 is 23.1 Å². The number of anilines is 1. The number of nitrogens with zero attached hydrogens (tertiary/aromatic N) is 4. The van der Waals surface area contributed by atoms with Gasteiger partial charge in [-0.15, -0.1) is 0 Å². The van der Waals surface area contributed by atoms with Gasteiger partial charge in [-0.3, -0.25) is 15.0 Å². The van der Waals surface area contributed by atoms with Gasteiger partial charge in [0.05, 0.1) is 4.92 Å². The maximum atomic E-state index is 10.9. The van der Waals surface area contributed by atoms with Crippen molar-refractivity contribution in [1.29, 1.82) is 0 Å². The number of nitro groups is 1. The molecule has 2 heterocycles. The summed E-state index contributed by atoms with van der Waals surface area (Å²) in [6.45, 7) is 4.85. The fourth-order valence-corrected chi connectivity index (χ4v) is 2.48. The monoisotopic (exact) mass is 299 g/mol. The first-order chi connectivity index (χ1) is 9.58. The summed E-state index contributed by atoms with van der Waals surface area (Å²) >= 11 is 5.69. The van der Waals surface area contributed by atoms with E-state index in [0.29, 0.717) is 12.6 Å². The summed E-state index contributed by atoms with van der Waals surface area (Å²) in [5, 5.41) is 13.9. The maximum absolute atomic E-state index is 10.9. The van der Waals surface area contributed by atoms with Gasteiger partial charge in [0.15, 0.2) is 0 Å². The van der Waals surface area contributed by atoms with E-state index in [-0.39, 0.29) is 16.8 Å². The van der Waals surface area contributed by atoms with Crippen LogP contribution in [0.4, 0.5) is 11.5 Å². The lowest BCUT2D eigenvalue weighted by Crippen LogP contribution is -2.41. The zero-order valence-electron chi connectivity index (χ0n) is 11.4. The fraction of sp³-hybridized carbons (Fsp3) is 0.667. The van der Waals surface area contributed by atoms with Gasteiger partial charge in [0.1, 0.15) is 6.20 Å². The molecular weight excluding hydrogens is 282 g/mol. The van der Waals surface area contributed by atoms with Crippen molar-refractivity contribution in [3.63, 3.8) is 0 Å². The van der Waals surface area contributed by atoms with Crippen LogP contribution in [0.1, 0.15) is 26.2 Å². The first-order valence-corrected chi connectivity index (χ1v) is 7.10. The summed E-state index contributed by atoms with van der Waals surface area (Å²) in [6, 6.07) is 0.295. The molecule has 20 heavy (non-hydrogen) atoms. The number of halogens is 1. The second-order valence-electron chi connectivity index (χ2n) is 4.96. The van der Waals surface area contributed by atoms with Crippen LogP contribution < -0.4 is 5.32 Å². The number of piperidine rings is 1.